The lowest BCUT2D eigenvalue weighted by atomic mass is 9.98. The Hall–Kier alpha value is -2.21. The van der Waals surface area contributed by atoms with Gasteiger partial charge in [0, 0.05) is 33.9 Å². The van der Waals surface area contributed by atoms with E-state index in [0.29, 0.717) is 29.4 Å². The molecule has 28 heavy (non-hydrogen) atoms. The fourth-order valence-electron chi connectivity index (χ4n) is 3.29. The largest absolute Gasteiger partial charge is 0.370 e. The first-order valence-corrected chi connectivity index (χ1v) is 9.66. The molecule has 1 heterocycles. The molecule has 1 aliphatic rings. The first-order chi connectivity index (χ1) is 13.3. The zero-order valence-electron chi connectivity index (χ0n) is 16.4. The second-order valence-corrected chi connectivity index (χ2v) is 8.11. The van der Waals surface area contributed by atoms with Crippen molar-refractivity contribution in [2.24, 2.45) is 0 Å². The van der Waals surface area contributed by atoms with Crippen LogP contribution in [0, 0.1) is 0 Å². The van der Waals surface area contributed by atoms with Crippen molar-refractivity contribution in [1.82, 2.24) is 4.90 Å². The molecule has 1 atom stereocenters. The number of carbonyl (C=O) groups excluding carboxylic acids is 2. The van der Waals surface area contributed by atoms with Crippen molar-refractivity contribution in [3.05, 3.63) is 64.7 Å². The molecule has 148 valence electrons. The molecule has 0 aliphatic carbocycles. The molecule has 0 spiro atoms. The number of benzene rings is 2. The van der Waals surface area contributed by atoms with E-state index in [-0.39, 0.29) is 29.9 Å². The number of ketones is 1. The lowest BCUT2D eigenvalue weighted by Gasteiger charge is -2.45. The maximum absolute atomic E-state index is 12.7. The minimum Gasteiger partial charge on any atom is -0.370 e. The maximum atomic E-state index is 12.7. The summed E-state index contributed by atoms with van der Waals surface area (Å²) in [7, 11) is 0. The van der Waals surface area contributed by atoms with E-state index < -0.39 is 0 Å². The monoisotopic (exact) mass is 400 g/mol. The average molecular weight is 401 g/mol. The highest BCUT2D eigenvalue weighted by Crippen LogP contribution is 2.33. The third-order valence-electron chi connectivity index (χ3n) is 5.02. The number of hydrogen-bond donors (Lipinski definition) is 1. The van der Waals surface area contributed by atoms with Crippen molar-refractivity contribution in [3.63, 3.8) is 0 Å². The van der Waals surface area contributed by atoms with Crippen molar-refractivity contribution < 1.29 is 14.3 Å². The second-order valence-electron chi connectivity index (χ2n) is 7.70. The Morgan fingerprint density at radius 3 is 2.68 bits per heavy atom. The van der Waals surface area contributed by atoms with E-state index in [0.717, 1.165) is 5.56 Å². The lowest BCUT2D eigenvalue weighted by Crippen LogP contribution is -2.55. The smallest absolute Gasteiger partial charge is 0.238 e. The van der Waals surface area contributed by atoms with E-state index in [1.807, 2.05) is 24.3 Å². The molecule has 1 N–H and O–H groups in total. The van der Waals surface area contributed by atoms with Crippen LogP contribution in [0.15, 0.2) is 48.5 Å². The van der Waals surface area contributed by atoms with Gasteiger partial charge in [-0.15, -0.1) is 0 Å². The molecule has 5 nitrogen and oxygen atoms in total. The third-order valence-corrected chi connectivity index (χ3v) is 5.36. The molecule has 2 aromatic rings. The van der Waals surface area contributed by atoms with E-state index in [2.05, 4.69) is 24.1 Å². The lowest BCUT2D eigenvalue weighted by molar-refractivity contribution is -0.128. The number of nitrogens with zero attached hydrogens (tertiary/aromatic N) is 1. The Morgan fingerprint density at radius 2 is 1.96 bits per heavy atom. The second kappa shape index (κ2) is 8.43. The van der Waals surface area contributed by atoms with Crippen molar-refractivity contribution >= 4 is 29.0 Å². The summed E-state index contributed by atoms with van der Waals surface area (Å²) in [5.41, 5.74) is 1.84. The van der Waals surface area contributed by atoms with Gasteiger partial charge in [-0.05, 0) is 39.0 Å². The summed E-state index contributed by atoms with van der Waals surface area (Å²) >= 11 is 6.32. The van der Waals surface area contributed by atoms with E-state index >= 15 is 0 Å². The molecule has 0 unspecified atom stereocenters. The fraction of sp³-hybridized carbons (Fsp3) is 0.364. The summed E-state index contributed by atoms with van der Waals surface area (Å²) in [6.45, 7) is 6.90. The Morgan fingerprint density at radius 1 is 1.21 bits per heavy atom. The van der Waals surface area contributed by atoms with Crippen LogP contribution in [0.5, 0.6) is 0 Å². The van der Waals surface area contributed by atoms with Crippen LogP contribution in [-0.2, 0) is 9.53 Å². The summed E-state index contributed by atoms with van der Waals surface area (Å²) in [4.78, 5) is 26.3. The number of nitrogens with one attached hydrogen (secondary N) is 1. The van der Waals surface area contributed by atoms with E-state index in [1.165, 1.54) is 6.92 Å². The predicted molar refractivity (Wildman–Crippen MR) is 111 cm³/mol. The van der Waals surface area contributed by atoms with Gasteiger partial charge >= 0.3 is 0 Å². The molecule has 1 aliphatic heterocycles. The maximum Gasteiger partial charge on any atom is 0.238 e. The first kappa shape index (κ1) is 20.5. The Balaban J connectivity index is 1.70. The number of carbonyl (C=O) groups is 2. The van der Waals surface area contributed by atoms with Crippen LogP contribution in [-0.4, -0.2) is 41.8 Å². The molecule has 6 heteroatoms. The molecule has 1 amide bonds. The van der Waals surface area contributed by atoms with Crippen LogP contribution in [0.4, 0.5) is 5.69 Å². The molecular weight excluding hydrogens is 376 g/mol. The topological polar surface area (TPSA) is 58.6 Å². The van der Waals surface area contributed by atoms with Gasteiger partial charge in [-0.25, -0.2) is 0 Å². The number of rotatable bonds is 5. The third kappa shape index (κ3) is 4.79. The van der Waals surface area contributed by atoms with Crippen LogP contribution < -0.4 is 5.32 Å². The minimum atomic E-state index is -0.281. The number of hydrogen-bond acceptors (Lipinski definition) is 4. The van der Waals surface area contributed by atoms with Crippen LogP contribution >= 0.6 is 11.6 Å². The van der Waals surface area contributed by atoms with Gasteiger partial charge in [0.2, 0.25) is 5.91 Å². The number of ether oxygens (including phenoxy) is 1. The van der Waals surface area contributed by atoms with Crippen LogP contribution in [0.25, 0.3) is 0 Å². The highest BCUT2D eigenvalue weighted by atomic mass is 35.5. The summed E-state index contributed by atoms with van der Waals surface area (Å²) < 4.78 is 6.04. The summed E-state index contributed by atoms with van der Waals surface area (Å²) in [5, 5.41) is 3.55. The van der Waals surface area contributed by atoms with Gasteiger partial charge in [0.25, 0.3) is 0 Å². The number of halogens is 1. The SMILES string of the molecule is CC(=O)c1cccc(NC(=O)CN2C[C@H](c3ccccc3Cl)OCC2(C)C)c1. The predicted octanol–water partition coefficient (Wildman–Crippen LogP) is 4.33. The summed E-state index contributed by atoms with van der Waals surface area (Å²) in [6, 6.07) is 14.6. The van der Waals surface area contributed by atoms with Gasteiger partial charge in [0.1, 0.15) is 0 Å². The number of Topliss-reactive ketones (excluding diaryl/α,β-unsaturated/α-hetero) is 1. The normalized spacial score (nSPS) is 19.2. The molecule has 0 saturated carbocycles. The van der Waals surface area contributed by atoms with Gasteiger partial charge in [0.15, 0.2) is 5.78 Å². The Labute approximate surface area is 170 Å². The van der Waals surface area contributed by atoms with Crippen LogP contribution in [0.1, 0.15) is 42.8 Å². The summed E-state index contributed by atoms with van der Waals surface area (Å²) in [6.07, 6.45) is -0.185. The van der Waals surface area contributed by atoms with E-state index in [9.17, 15) is 9.59 Å². The Bertz CT molecular complexity index is 882. The van der Waals surface area contributed by atoms with Crippen molar-refractivity contribution in [2.75, 3.05) is 25.0 Å². The fourth-order valence-corrected chi connectivity index (χ4v) is 3.55. The van der Waals surface area contributed by atoms with Crippen LogP contribution in [0.3, 0.4) is 0 Å². The number of morpholine rings is 1. The molecule has 0 aromatic heterocycles. The molecule has 0 radical (unpaired) electrons. The molecule has 1 fully saturated rings. The highest BCUT2D eigenvalue weighted by Gasteiger charge is 2.37. The van der Waals surface area contributed by atoms with Gasteiger partial charge in [-0.1, -0.05) is 41.9 Å². The van der Waals surface area contributed by atoms with Crippen molar-refractivity contribution in [2.45, 2.75) is 32.4 Å². The average Bonchev–Trinajstić information content (AvgIpc) is 2.64. The molecular formula is C22H25ClN2O3. The number of anilines is 1. The molecule has 3 rings (SSSR count). The number of amides is 1. The van der Waals surface area contributed by atoms with Crippen molar-refractivity contribution in [3.8, 4) is 0 Å². The molecule has 2 aromatic carbocycles. The van der Waals surface area contributed by atoms with Crippen LogP contribution in [0.2, 0.25) is 5.02 Å². The zero-order valence-corrected chi connectivity index (χ0v) is 17.1. The molecule has 0 bridgehead atoms. The first-order valence-electron chi connectivity index (χ1n) is 9.28. The quantitative estimate of drug-likeness (QED) is 0.759. The molecule has 1 saturated heterocycles. The minimum absolute atomic E-state index is 0.0343. The van der Waals surface area contributed by atoms with Crippen molar-refractivity contribution in [1.29, 1.82) is 0 Å². The van der Waals surface area contributed by atoms with E-state index in [1.54, 1.807) is 24.3 Å². The van der Waals surface area contributed by atoms with Gasteiger partial charge in [-0.2, -0.15) is 0 Å². The van der Waals surface area contributed by atoms with E-state index in [4.69, 9.17) is 16.3 Å². The van der Waals surface area contributed by atoms with Gasteiger partial charge in [0.05, 0.1) is 19.3 Å². The standard InChI is InChI=1S/C22H25ClN2O3/c1-15(26)16-7-6-8-17(11-16)24-21(27)13-25-12-20(28-14-22(25,2)3)18-9-4-5-10-19(18)23/h4-11,20H,12-14H2,1-3H3,(H,24,27)/t20-/m1/s1. The van der Waals surface area contributed by atoms with Gasteiger partial charge < -0.3 is 10.1 Å². The Kier molecular flexibility index (Phi) is 6.18. The highest BCUT2D eigenvalue weighted by molar-refractivity contribution is 6.31. The summed E-state index contributed by atoms with van der Waals surface area (Å²) in [5.74, 6) is -0.165. The zero-order chi connectivity index (χ0) is 20.3. The van der Waals surface area contributed by atoms with Gasteiger partial charge in [-0.3, -0.25) is 14.5 Å².